The van der Waals surface area contributed by atoms with Crippen LogP contribution >= 0.6 is 0 Å². The van der Waals surface area contributed by atoms with Gasteiger partial charge in [-0.05, 0) is 18.3 Å². The topological polar surface area (TPSA) is 92.4 Å². The van der Waals surface area contributed by atoms with Crippen molar-refractivity contribution in [3.63, 3.8) is 0 Å². The van der Waals surface area contributed by atoms with Crippen LogP contribution in [0, 0.1) is 11.8 Å². The Hall–Kier alpha value is -1.10. The predicted octanol–water partition coefficient (Wildman–Crippen LogP) is 0.975. The van der Waals surface area contributed by atoms with Crippen LogP contribution < -0.4 is 11.1 Å². The van der Waals surface area contributed by atoms with Crippen LogP contribution in [0.3, 0.4) is 0 Å². The van der Waals surface area contributed by atoms with Crippen molar-refractivity contribution < 1.29 is 14.7 Å². The summed E-state index contributed by atoms with van der Waals surface area (Å²) in [7, 11) is 0. The smallest absolute Gasteiger partial charge is 0.326 e. The van der Waals surface area contributed by atoms with Crippen LogP contribution in [0.2, 0.25) is 0 Å². The Bertz CT molecular complexity index is 266. The number of carbonyl (C=O) groups is 2. The largest absolute Gasteiger partial charge is 0.480 e. The highest BCUT2D eigenvalue weighted by molar-refractivity contribution is 5.86. The van der Waals surface area contributed by atoms with Crippen molar-refractivity contribution in [3.8, 4) is 0 Å². The zero-order valence-corrected chi connectivity index (χ0v) is 11.1. The fourth-order valence-electron chi connectivity index (χ4n) is 1.56. The second-order valence-electron chi connectivity index (χ2n) is 4.95. The van der Waals surface area contributed by atoms with Crippen LogP contribution in [0.15, 0.2) is 0 Å². The molecular formula is C12H24N2O3. The molecule has 0 radical (unpaired) electrons. The molecule has 0 fully saturated rings. The normalized spacial score (nSPS) is 16.4. The lowest BCUT2D eigenvalue weighted by molar-refractivity contribution is -0.143. The molecule has 0 spiro atoms. The Balaban J connectivity index is 4.45. The fraction of sp³-hybridized carbons (Fsp3) is 0.833. The number of hydrogen-bond acceptors (Lipinski definition) is 3. The van der Waals surface area contributed by atoms with Gasteiger partial charge in [-0.3, -0.25) is 4.79 Å². The maximum Gasteiger partial charge on any atom is 0.326 e. The highest BCUT2D eigenvalue weighted by Crippen LogP contribution is 2.09. The van der Waals surface area contributed by atoms with Crippen molar-refractivity contribution in [3.05, 3.63) is 0 Å². The zero-order chi connectivity index (χ0) is 13.6. The first-order valence-electron chi connectivity index (χ1n) is 6.08. The molecule has 3 atom stereocenters. The first-order chi connectivity index (χ1) is 7.79. The van der Waals surface area contributed by atoms with Gasteiger partial charge in [-0.15, -0.1) is 0 Å². The Morgan fingerprint density at radius 1 is 1.29 bits per heavy atom. The van der Waals surface area contributed by atoms with Crippen molar-refractivity contribution in [2.45, 2.75) is 52.6 Å². The number of rotatable bonds is 7. The number of carboxylic acid groups (broad SMARTS) is 1. The van der Waals surface area contributed by atoms with Crippen molar-refractivity contribution in [2.75, 3.05) is 0 Å². The third-order valence-electron chi connectivity index (χ3n) is 2.84. The molecule has 0 aromatic carbocycles. The predicted molar refractivity (Wildman–Crippen MR) is 66.5 cm³/mol. The molecule has 0 aromatic heterocycles. The highest BCUT2D eigenvalue weighted by Gasteiger charge is 2.27. The van der Waals surface area contributed by atoms with Gasteiger partial charge in [-0.2, -0.15) is 0 Å². The van der Waals surface area contributed by atoms with Crippen molar-refractivity contribution >= 4 is 11.9 Å². The minimum Gasteiger partial charge on any atom is -0.480 e. The van der Waals surface area contributed by atoms with Gasteiger partial charge in [-0.1, -0.05) is 34.1 Å². The van der Waals surface area contributed by atoms with E-state index in [0.29, 0.717) is 18.8 Å². The van der Waals surface area contributed by atoms with Gasteiger partial charge in [0, 0.05) is 0 Å². The molecule has 0 heterocycles. The molecule has 0 aliphatic carbocycles. The van der Waals surface area contributed by atoms with Crippen LogP contribution in [-0.4, -0.2) is 29.1 Å². The zero-order valence-electron chi connectivity index (χ0n) is 11.1. The molecule has 17 heavy (non-hydrogen) atoms. The molecule has 0 aliphatic rings. The standard InChI is InChI=1S/C12H24N2O3/c1-5-8(4)10(12(16)17)14-11(15)9(13)6-7(2)3/h7-10H,5-6,13H2,1-4H3,(H,14,15)(H,16,17)/t8-,9-,10-/m0/s1/i2+1,3+1,6+1,7+1,9+1,11+1,13+1. The molecule has 1 amide bonds. The summed E-state index contributed by atoms with van der Waals surface area (Å²) in [5.41, 5.74) is 5.70. The second kappa shape index (κ2) is 7.27. The number of nitrogens with two attached hydrogens (primary N) is 1. The number of carbonyl (C=O) groups excluding carboxylic acids is 1. The van der Waals surface area contributed by atoms with Gasteiger partial charge >= 0.3 is 5.97 Å². The van der Waals surface area contributed by atoms with E-state index < -0.39 is 18.1 Å². The summed E-state index contributed by atoms with van der Waals surface area (Å²) in [5, 5.41) is 11.5. The molecule has 0 saturated carbocycles. The number of hydrogen-bond donors (Lipinski definition) is 3. The molecule has 5 nitrogen and oxygen atoms in total. The summed E-state index contributed by atoms with van der Waals surface area (Å²) in [6.45, 7) is 7.63. The van der Waals surface area contributed by atoms with Crippen LogP contribution in [0.1, 0.15) is 40.5 Å². The van der Waals surface area contributed by atoms with Crippen molar-refractivity contribution in [2.24, 2.45) is 17.6 Å². The Morgan fingerprint density at radius 3 is 2.18 bits per heavy atom. The summed E-state index contributed by atoms with van der Waals surface area (Å²) >= 11 is 0. The number of amides is 1. The minimum absolute atomic E-state index is 0.109. The van der Waals surface area contributed by atoms with Crippen molar-refractivity contribution in [1.82, 2.24) is 5.32 Å². The summed E-state index contributed by atoms with van der Waals surface area (Å²) in [6.07, 6.45) is 1.25. The molecule has 0 bridgehead atoms. The van der Waals surface area contributed by atoms with Gasteiger partial charge in [0.1, 0.15) is 6.04 Å². The molecule has 0 aromatic rings. The van der Waals surface area contributed by atoms with Gasteiger partial charge in [-0.25, -0.2) is 4.79 Å². The van der Waals surface area contributed by atoms with E-state index in [-0.39, 0.29) is 11.8 Å². The Morgan fingerprint density at radius 2 is 1.82 bits per heavy atom. The number of aliphatic carboxylic acids is 1. The van der Waals surface area contributed by atoms with E-state index in [1.54, 1.807) is 6.92 Å². The molecule has 0 saturated heterocycles. The van der Waals surface area contributed by atoms with E-state index >= 15 is 0 Å². The van der Waals surface area contributed by atoms with E-state index in [1.165, 1.54) is 0 Å². The van der Waals surface area contributed by atoms with Crippen LogP contribution in [0.4, 0.5) is 0 Å². The van der Waals surface area contributed by atoms with E-state index in [0.717, 1.165) is 0 Å². The SMILES string of the molecule is CC[C@H](C)[C@H](N[13C](=O)[13C@@H]([15NH2])[13CH2][13CH]([13CH3])[13CH3])C(=O)O. The molecule has 0 rings (SSSR count). The lowest BCUT2D eigenvalue weighted by Crippen LogP contribution is -2.51. The van der Waals surface area contributed by atoms with Gasteiger partial charge in [0.25, 0.3) is 0 Å². The monoisotopic (exact) mass is 251 g/mol. The first kappa shape index (κ1) is 15.9. The third kappa shape index (κ3) is 5.68. The average Bonchev–Trinajstić information content (AvgIpc) is 2.22. The molecule has 0 unspecified atom stereocenters. The summed E-state index contributed by atoms with van der Waals surface area (Å²) < 4.78 is 0. The minimum atomic E-state index is -1.01. The van der Waals surface area contributed by atoms with Crippen LogP contribution in [-0.2, 0) is 9.59 Å². The lowest BCUT2D eigenvalue weighted by atomic mass is 10.00. The molecule has 4 N–H and O–H groups in total. The Kier molecular flexibility index (Phi) is 6.80. The van der Waals surface area contributed by atoms with E-state index in [2.05, 4.69) is 5.32 Å². The van der Waals surface area contributed by atoms with Gasteiger partial charge < -0.3 is 16.2 Å². The Labute approximate surface area is 103 Å². The summed E-state index contributed by atoms with van der Waals surface area (Å²) in [6, 6.07) is -1.49. The molecule has 100 valence electrons. The van der Waals surface area contributed by atoms with Gasteiger partial charge in [0.15, 0.2) is 0 Å². The van der Waals surface area contributed by atoms with E-state index in [1.807, 2.05) is 20.8 Å². The van der Waals surface area contributed by atoms with Gasteiger partial charge in [0.2, 0.25) is 5.91 Å². The fourth-order valence-corrected chi connectivity index (χ4v) is 1.56. The van der Waals surface area contributed by atoms with E-state index in [9.17, 15) is 9.59 Å². The lowest BCUT2D eigenvalue weighted by Gasteiger charge is -2.22. The maximum atomic E-state index is 11.7. The molecular weight excluding hydrogens is 227 g/mol. The quantitative estimate of drug-likeness (QED) is 0.464. The third-order valence-corrected chi connectivity index (χ3v) is 2.84. The van der Waals surface area contributed by atoms with E-state index in [4.69, 9.17) is 10.8 Å². The summed E-state index contributed by atoms with van der Waals surface area (Å²) in [4.78, 5) is 22.7. The average molecular weight is 251 g/mol. The van der Waals surface area contributed by atoms with Crippen LogP contribution in [0.5, 0.6) is 0 Å². The first-order valence-corrected chi connectivity index (χ1v) is 6.08. The number of carboxylic acids is 1. The molecule has 5 heteroatoms. The number of nitrogens with one attached hydrogen (secondary N) is 1. The van der Waals surface area contributed by atoms with Crippen LogP contribution in [0.25, 0.3) is 0 Å². The second-order valence-corrected chi connectivity index (χ2v) is 4.95. The van der Waals surface area contributed by atoms with Crippen molar-refractivity contribution in [1.29, 1.82) is 0 Å². The van der Waals surface area contributed by atoms with Gasteiger partial charge in [0.05, 0.1) is 6.04 Å². The molecule has 0 aliphatic heterocycles. The maximum absolute atomic E-state index is 11.7. The highest BCUT2D eigenvalue weighted by atomic mass is 16.4. The summed E-state index contributed by atoms with van der Waals surface area (Å²) in [5.74, 6) is -1.19.